The zero-order chi connectivity index (χ0) is 28.1. The van der Waals surface area contributed by atoms with Crippen LogP contribution in [-0.2, 0) is 19.1 Å². The molecule has 0 N–H and O–H groups in total. The average Bonchev–Trinajstić information content (AvgIpc) is 2.95. The smallest absolute Gasteiger partial charge is 0.330 e. The predicted molar refractivity (Wildman–Crippen MR) is 149 cm³/mol. The number of carbonyl (C=O) groups excluding carboxylic acids is 2. The predicted octanol–water partition coefficient (Wildman–Crippen LogP) is 6.56. The lowest BCUT2D eigenvalue weighted by molar-refractivity contribution is -0.138. The molecule has 0 amide bonds. The number of esters is 2. The first-order valence-corrected chi connectivity index (χ1v) is 13.3. The van der Waals surface area contributed by atoms with E-state index in [2.05, 4.69) is 25.0 Å². The number of rotatable bonds is 18. The fourth-order valence-electron chi connectivity index (χ4n) is 3.43. The normalized spacial score (nSPS) is 10.1. The monoisotopic (exact) mass is 536 g/mol. The van der Waals surface area contributed by atoms with E-state index in [0.717, 1.165) is 68.8 Å². The Kier molecular flexibility index (Phi) is 15.3. The Labute approximate surface area is 230 Å². The summed E-state index contributed by atoms with van der Waals surface area (Å²) in [6, 6.07) is 12.2. The molecule has 7 heteroatoms. The van der Waals surface area contributed by atoms with Gasteiger partial charge in [-0.3, -0.25) is 0 Å². The van der Waals surface area contributed by atoms with Crippen molar-refractivity contribution < 1.29 is 32.9 Å². The molecule has 0 aliphatic rings. The minimum atomic E-state index is -0.445. The molecule has 2 rings (SSSR count). The van der Waals surface area contributed by atoms with Crippen molar-refractivity contribution in [2.75, 3.05) is 26.4 Å². The molecule has 0 unspecified atom stereocenters. The molecular weight excluding hydrogens is 499 g/mol. The standard InChI is InChI=1S/C32H37FO6/c1-3-31(34)38-23-11-7-5-9-21-36-28-18-15-26(16-19-28)13-14-27-17-20-30(29(33)25-27)37-22-10-6-8-12-24-39-32(35)4-2/h3-4,15-20,25H,1-2,5-12,21-24H2. The van der Waals surface area contributed by atoms with Crippen LogP contribution in [0.5, 0.6) is 11.5 Å². The van der Waals surface area contributed by atoms with Gasteiger partial charge in [0, 0.05) is 23.3 Å². The summed E-state index contributed by atoms with van der Waals surface area (Å²) in [6.07, 6.45) is 9.37. The summed E-state index contributed by atoms with van der Waals surface area (Å²) in [5, 5.41) is 0. The minimum absolute atomic E-state index is 0.207. The van der Waals surface area contributed by atoms with Gasteiger partial charge in [-0.25, -0.2) is 14.0 Å². The Balaban J connectivity index is 1.64. The zero-order valence-corrected chi connectivity index (χ0v) is 22.4. The van der Waals surface area contributed by atoms with E-state index in [0.29, 0.717) is 32.0 Å². The molecule has 0 spiro atoms. The zero-order valence-electron chi connectivity index (χ0n) is 22.4. The minimum Gasteiger partial charge on any atom is -0.494 e. The molecule has 6 nitrogen and oxygen atoms in total. The first-order valence-electron chi connectivity index (χ1n) is 13.3. The van der Waals surface area contributed by atoms with Crippen molar-refractivity contribution >= 4 is 11.9 Å². The first-order chi connectivity index (χ1) is 19.0. The molecule has 0 radical (unpaired) electrons. The highest BCUT2D eigenvalue weighted by atomic mass is 19.1. The van der Waals surface area contributed by atoms with Gasteiger partial charge in [0.25, 0.3) is 0 Å². The van der Waals surface area contributed by atoms with Crippen LogP contribution in [-0.4, -0.2) is 38.4 Å². The molecule has 0 saturated carbocycles. The lowest BCUT2D eigenvalue weighted by Gasteiger charge is -2.07. The number of unbranched alkanes of at least 4 members (excludes halogenated alkanes) is 6. The number of benzene rings is 2. The SMILES string of the molecule is C=CC(=O)OCCCCCCOc1ccc(C#Cc2ccc(OCCCCCCOC(=O)C=C)c(F)c2)cc1. The fraction of sp³-hybridized carbons (Fsp3) is 0.375. The van der Waals surface area contributed by atoms with Gasteiger partial charge in [0.2, 0.25) is 0 Å². The highest BCUT2D eigenvalue weighted by Gasteiger charge is 2.04. The van der Waals surface area contributed by atoms with Crippen LogP contribution in [0.4, 0.5) is 4.39 Å². The second-order valence-electron chi connectivity index (χ2n) is 8.69. The van der Waals surface area contributed by atoms with Crippen molar-refractivity contribution in [1.29, 1.82) is 0 Å². The average molecular weight is 537 g/mol. The Bertz CT molecular complexity index is 1110. The molecule has 0 aliphatic heterocycles. The third kappa shape index (κ3) is 13.9. The Hall–Kier alpha value is -4.05. The van der Waals surface area contributed by atoms with E-state index in [4.69, 9.17) is 18.9 Å². The molecule has 2 aromatic carbocycles. The van der Waals surface area contributed by atoms with Gasteiger partial charge >= 0.3 is 11.9 Å². The second-order valence-corrected chi connectivity index (χ2v) is 8.69. The van der Waals surface area contributed by atoms with Gasteiger partial charge in [-0.2, -0.15) is 0 Å². The number of carbonyl (C=O) groups is 2. The summed E-state index contributed by atoms with van der Waals surface area (Å²) >= 11 is 0. The molecule has 39 heavy (non-hydrogen) atoms. The van der Waals surface area contributed by atoms with Crippen LogP contribution in [0.3, 0.4) is 0 Å². The van der Waals surface area contributed by atoms with E-state index in [1.165, 1.54) is 12.1 Å². The Morgan fingerprint density at radius 2 is 1.15 bits per heavy atom. The Morgan fingerprint density at radius 1 is 0.667 bits per heavy atom. The molecule has 2 aromatic rings. The summed E-state index contributed by atoms with van der Waals surface area (Å²) in [7, 11) is 0. The van der Waals surface area contributed by atoms with Gasteiger partial charge in [-0.15, -0.1) is 0 Å². The van der Waals surface area contributed by atoms with E-state index in [9.17, 15) is 14.0 Å². The Morgan fingerprint density at radius 3 is 1.69 bits per heavy atom. The van der Waals surface area contributed by atoms with Crippen LogP contribution in [0.2, 0.25) is 0 Å². The number of ether oxygens (including phenoxy) is 4. The fourth-order valence-corrected chi connectivity index (χ4v) is 3.43. The highest BCUT2D eigenvalue weighted by Crippen LogP contribution is 2.19. The summed E-state index contributed by atoms with van der Waals surface area (Å²) in [6.45, 7) is 8.52. The third-order valence-electron chi connectivity index (χ3n) is 5.56. The number of hydrogen-bond acceptors (Lipinski definition) is 6. The van der Waals surface area contributed by atoms with Gasteiger partial charge < -0.3 is 18.9 Å². The van der Waals surface area contributed by atoms with Crippen LogP contribution >= 0.6 is 0 Å². The van der Waals surface area contributed by atoms with Crippen molar-refractivity contribution in [3.05, 3.63) is 84.7 Å². The largest absolute Gasteiger partial charge is 0.494 e. The highest BCUT2D eigenvalue weighted by molar-refractivity contribution is 5.81. The van der Waals surface area contributed by atoms with E-state index < -0.39 is 11.8 Å². The van der Waals surface area contributed by atoms with Crippen molar-refractivity contribution in [3.8, 4) is 23.3 Å². The molecule has 0 aromatic heterocycles. The van der Waals surface area contributed by atoms with E-state index in [-0.39, 0.29) is 11.7 Å². The molecule has 0 fully saturated rings. The molecule has 0 bridgehead atoms. The number of halogens is 1. The lowest BCUT2D eigenvalue weighted by atomic mass is 10.1. The molecule has 208 valence electrons. The van der Waals surface area contributed by atoms with E-state index in [1.807, 2.05) is 24.3 Å². The van der Waals surface area contributed by atoms with Gasteiger partial charge in [0.05, 0.1) is 26.4 Å². The molecule has 0 heterocycles. The summed E-state index contributed by atoms with van der Waals surface area (Å²) < 4.78 is 35.6. The maximum Gasteiger partial charge on any atom is 0.330 e. The number of hydrogen-bond donors (Lipinski definition) is 0. The van der Waals surface area contributed by atoms with Crippen LogP contribution in [0.1, 0.15) is 62.5 Å². The van der Waals surface area contributed by atoms with Crippen molar-refractivity contribution in [1.82, 2.24) is 0 Å². The summed E-state index contributed by atoms with van der Waals surface area (Å²) in [4.78, 5) is 21.9. The summed E-state index contributed by atoms with van der Waals surface area (Å²) in [5.41, 5.74) is 1.37. The maximum absolute atomic E-state index is 14.4. The second kappa shape index (κ2) is 19.1. The third-order valence-corrected chi connectivity index (χ3v) is 5.56. The van der Waals surface area contributed by atoms with Crippen molar-refractivity contribution in [3.63, 3.8) is 0 Å². The molecule has 0 aliphatic carbocycles. The van der Waals surface area contributed by atoms with Crippen LogP contribution in [0, 0.1) is 17.7 Å². The van der Waals surface area contributed by atoms with E-state index in [1.54, 1.807) is 12.1 Å². The van der Waals surface area contributed by atoms with Crippen LogP contribution < -0.4 is 9.47 Å². The summed E-state index contributed by atoms with van der Waals surface area (Å²) in [5.74, 6) is 5.75. The quantitative estimate of drug-likeness (QED) is 0.0930. The molecule has 0 atom stereocenters. The molecular formula is C32H37FO6. The topological polar surface area (TPSA) is 71.1 Å². The van der Waals surface area contributed by atoms with Crippen LogP contribution in [0.25, 0.3) is 0 Å². The van der Waals surface area contributed by atoms with Gasteiger partial charge in [0.1, 0.15) is 5.75 Å². The van der Waals surface area contributed by atoms with Gasteiger partial charge in [-0.05, 0) is 93.8 Å². The van der Waals surface area contributed by atoms with Crippen molar-refractivity contribution in [2.45, 2.75) is 51.4 Å². The lowest BCUT2D eigenvalue weighted by Crippen LogP contribution is -2.02. The van der Waals surface area contributed by atoms with Gasteiger partial charge in [-0.1, -0.05) is 25.0 Å². The molecule has 0 saturated heterocycles. The maximum atomic E-state index is 14.4. The van der Waals surface area contributed by atoms with Crippen molar-refractivity contribution in [2.24, 2.45) is 0 Å². The first kappa shape index (κ1) is 31.2. The van der Waals surface area contributed by atoms with E-state index >= 15 is 0 Å². The van der Waals surface area contributed by atoms with Crippen LogP contribution in [0.15, 0.2) is 67.8 Å². The van der Waals surface area contributed by atoms with Gasteiger partial charge in [0.15, 0.2) is 11.6 Å².